The Bertz CT molecular complexity index is 544. The van der Waals surface area contributed by atoms with E-state index in [9.17, 15) is 0 Å². The van der Waals surface area contributed by atoms with Crippen LogP contribution in [0.1, 0.15) is 31.4 Å². The molecule has 0 amide bonds. The molecule has 0 atom stereocenters. The van der Waals surface area contributed by atoms with E-state index in [1.54, 1.807) is 0 Å². The van der Waals surface area contributed by atoms with Crippen molar-refractivity contribution in [1.82, 2.24) is 4.98 Å². The molecule has 0 bridgehead atoms. The zero-order valence-electron chi connectivity index (χ0n) is 11.3. The summed E-state index contributed by atoms with van der Waals surface area (Å²) in [5, 5.41) is 0. The molecule has 1 aliphatic rings. The monoisotopic (exact) mass is 253 g/mol. The van der Waals surface area contributed by atoms with E-state index in [1.807, 2.05) is 31.2 Å². The molecule has 0 saturated heterocycles. The predicted molar refractivity (Wildman–Crippen MR) is 77.3 cm³/mol. The molecule has 98 valence electrons. The summed E-state index contributed by atoms with van der Waals surface area (Å²) in [6, 6.07) is 14.4. The van der Waals surface area contributed by atoms with Crippen molar-refractivity contribution in [1.29, 1.82) is 0 Å². The van der Waals surface area contributed by atoms with Gasteiger partial charge in [0.15, 0.2) is 0 Å². The summed E-state index contributed by atoms with van der Waals surface area (Å²) in [4.78, 5) is 4.66. The largest absolute Gasteiger partial charge is 0.489 e. The van der Waals surface area contributed by atoms with Gasteiger partial charge in [0.05, 0.1) is 17.5 Å². The zero-order chi connectivity index (χ0) is 13.1. The normalized spacial score (nSPS) is 15.6. The van der Waals surface area contributed by atoms with Gasteiger partial charge in [-0.1, -0.05) is 30.3 Å². The topological polar surface area (TPSA) is 22.1 Å². The molecular formula is C17H19NO. The molecule has 19 heavy (non-hydrogen) atoms. The fraction of sp³-hybridized carbons (Fsp3) is 0.353. The van der Waals surface area contributed by atoms with Gasteiger partial charge in [-0.25, -0.2) is 4.98 Å². The second-order valence-corrected chi connectivity index (χ2v) is 5.17. The number of hydrogen-bond acceptors (Lipinski definition) is 2. The van der Waals surface area contributed by atoms with Gasteiger partial charge in [-0.2, -0.15) is 0 Å². The van der Waals surface area contributed by atoms with Gasteiger partial charge in [-0.3, -0.25) is 0 Å². The molecule has 2 aromatic rings. The van der Waals surface area contributed by atoms with Crippen molar-refractivity contribution < 1.29 is 4.74 Å². The molecular weight excluding hydrogens is 234 g/mol. The summed E-state index contributed by atoms with van der Waals surface area (Å²) in [6.45, 7) is 2.02. The van der Waals surface area contributed by atoms with Gasteiger partial charge >= 0.3 is 0 Å². The van der Waals surface area contributed by atoms with Gasteiger partial charge in [0.25, 0.3) is 0 Å². The van der Waals surface area contributed by atoms with E-state index in [0.717, 1.165) is 22.7 Å². The molecule has 0 spiro atoms. The van der Waals surface area contributed by atoms with Crippen LogP contribution in [0.5, 0.6) is 5.75 Å². The fourth-order valence-corrected chi connectivity index (χ4v) is 2.63. The average Bonchev–Trinajstić information content (AvgIpc) is 2.95. The van der Waals surface area contributed by atoms with Crippen molar-refractivity contribution in [3.05, 3.63) is 48.2 Å². The maximum Gasteiger partial charge on any atom is 0.140 e. The molecule has 1 saturated carbocycles. The SMILES string of the molecule is Cc1nc(-c2ccccc2)ccc1OC1CCCC1. The first-order valence-electron chi connectivity index (χ1n) is 7.02. The summed E-state index contributed by atoms with van der Waals surface area (Å²) in [5.74, 6) is 0.937. The minimum atomic E-state index is 0.392. The predicted octanol–water partition coefficient (Wildman–Crippen LogP) is 4.38. The van der Waals surface area contributed by atoms with Crippen molar-refractivity contribution in [2.75, 3.05) is 0 Å². The molecule has 3 rings (SSSR count). The molecule has 1 aromatic heterocycles. The van der Waals surface area contributed by atoms with Crippen molar-refractivity contribution in [3.8, 4) is 17.0 Å². The van der Waals surface area contributed by atoms with Crippen molar-refractivity contribution in [2.24, 2.45) is 0 Å². The molecule has 1 heterocycles. The van der Waals surface area contributed by atoms with Crippen LogP contribution in [0, 0.1) is 6.92 Å². The first-order valence-corrected chi connectivity index (χ1v) is 7.02. The minimum absolute atomic E-state index is 0.392. The van der Waals surface area contributed by atoms with Crippen molar-refractivity contribution in [3.63, 3.8) is 0 Å². The Morgan fingerprint density at radius 3 is 2.42 bits per heavy atom. The van der Waals surface area contributed by atoms with Crippen LogP contribution in [0.2, 0.25) is 0 Å². The van der Waals surface area contributed by atoms with Gasteiger partial charge in [0.1, 0.15) is 5.75 Å². The number of pyridine rings is 1. The van der Waals surface area contributed by atoms with Crippen LogP contribution in [-0.2, 0) is 0 Å². The van der Waals surface area contributed by atoms with Crippen LogP contribution >= 0.6 is 0 Å². The first kappa shape index (κ1) is 12.2. The molecule has 2 nitrogen and oxygen atoms in total. The molecule has 1 aromatic carbocycles. The second kappa shape index (κ2) is 5.43. The Balaban J connectivity index is 1.81. The van der Waals surface area contributed by atoms with Gasteiger partial charge in [-0.05, 0) is 44.7 Å². The third-order valence-corrected chi connectivity index (χ3v) is 3.70. The van der Waals surface area contributed by atoms with E-state index in [2.05, 4.69) is 23.2 Å². The van der Waals surface area contributed by atoms with Crippen LogP contribution in [0.4, 0.5) is 0 Å². The van der Waals surface area contributed by atoms with E-state index < -0.39 is 0 Å². The second-order valence-electron chi connectivity index (χ2n) is 5.17. The Hall–Kier alpha value is -1.83. The maximum absolute atomic E-state index is 6.03. The third kappa shape index (κ3) is 2.78. The van der Waals surface area contributed by atoms with Gasteiger partial charge in [0.2, 0.25) is 0 Å². The van der Waals surface area contributed by atoms with E-state index in [4.69, 9.17) is 4.74 Å². The lowest BCUT2D eigenvalue weighted by Crippen LogP contribution is -2.12. The first-order chi connectivity index (χ1) is 9.33. The van der Waals surface area contributed by atoms with Crippen LogP contribution in [0.15, 0.2) is 42.5 Å². The smallest absolute Gasteiger partial charge is 0.140 e. The highest BCUT2D eigenvalue weighted by Gasteiger charge is 2.17. The summed E-state index contributed by atoms with van der Waals surface area (Å²) in [5.41, 5.74) is 3.14. The highest BCUT2D eigenvalue weighted by molar-refractivity contribution is 5.59. The summed E-state index contributed by atoms with van der Waals surface area (Å²) in [6.07, 6.45) is 5.33. The number of rotatable bonds is 3. The highest BCUT2D eigenvalue weighted by Crippen LogP contribution is 2.27. The molecule has 0 N–H and O–H groups in total. The third-order valence-electron chi connectivity index (χ3n) is 3.70. The standard InChI is InChI=1S/C17H19NO/c1-13-17(19-15-9-5-6-10-15)12-11-16(18-13)14-7-3-2-4-8-14/h2-4,7-8,11-12,15H,5-6,9-10H2,1H3. The number of aromatic nitrogens is 1. The van der Waals surface area contributed by atoms with Gasteiger partial charge < -0.3 is 4.74 Å². The zero-order valence-corrected chi connectivity index (χ0v) is 11.3. The summed E-state index contributed by atoms with van der Waals surface area (Å²) < 4.78 is 6.03. The molecule has 0 unspecified atom stereocenters. The Morgan fingerprint density at radius 2 is 1.74 bits per heavy atom. The van der Waals surface area contributed by atoms with Crippen LogP contribution in [-0.4, -0.2) is 11.1 Å². The molecule has 1 aliphatic carbocycles. The molecule has 2 heteroatoms. The number of aryl methyl sites for hydroxylation is 1. The van der Waals surface area contributed by atoms with Crippen LogP contribution in [0.25, 0.3) is 11.3 Å². The lowest BCUT2D eigenvalue weighted by molar-refractivity contribution is 0.207. The van der Waals surface area contributed by atoms with E-state index in [-0.39, 0.29) is 0 Å². The number of benzene rings is 1. The Morgan fingerprint density at radius 1 is 1.00 bits per heavy atom. The highest BCUT2D eigenvalue weighted by atomic mass is 16.5. The lowest BCUT2D eigenvalue weighted by atomic mass is 10.1. The number of hydrogen-bond donors (Lipinski definition) is 0. The quantitative estimate of drug-likeness (QED) is 0.810. The van der Waals surface area contributed by atoms with E-state index in [1.165, 1.54) is 25.7 Å². The van der Waals surface area contributed by atoms with Crippen molar-refractivity contribution >= 4 is 0 Å². The molecule has 0 radical (unpaired) electrons. The number of nitrogens with zero attached hydrogens (tertiary/aromatic N) is 1. The molecule has 1 fully saturated rings. The Kier molecular flexibility index (Phi) is 3.49. The fourth-order valence-electron chi connectivity index (χ4n) is 2.63. The molecule has 0 aliphatic heterocycles. The average molecular weight is 253 g/mol. The minimum Gasteiger partial charge on any atom is -0.489 e. The van der Waals surface area contributed by atoms with E-state index in [0.29, 0.717) is 6.10 Å². The van der Waals surface area contributed by atoms with Gasteiger partial charge in [0, 0.05) is 5.56 Å². The Labute approximate surface area is 114 Å². The summed E-state index contributed by atoms with van der Waals surface area (Å²) >= 11 is 0. The van der Waals surface area contributed by atoms with Gasteiger partial charge in [-0.15, -0.1) is 0 Å². The van der Waals surface area contributed by atoms with E-state index >= 15 is 0 Å². The maximum atomic E-state index is 6.03. The number of ether oxygens (including phenoxy) is 1. The lowest BCUT2D eigenvalue weighted by Gasteiger charge is -2.15. The van der Waals surface area contributed by atoms with Crippen molar-refractivity contribution in [2.45, 2.75) is 38.7 Å². The summed E-state index contributed by atoms with van der Waals surface area (Å²) in [7, 11) is 0. The van der Waals surface area contributed by atoms with Crippen LogP contribution in [0.3, 0.4) is 0 Å². The van der Waals surface area contributed by atoms with Crippen LogP contribution < -0.4 is 4.74 Å².